The van der Waals surface area contributed by atoms with Gasteiger partial charge in [0.25, 0.3) is 0 Å². The van der Waals surface area contributed by atoms with E-state index in [-0.39, 0.29) is 5.75 Å². The van der Waals surface area contributed by atoms with Gasteiger partial charge in [0, 0.05) is 6.54 Å². The molecule has 2 N–H and O–H groups in total. The van der Waals surface area contributed by atoms with Crippen LogP contribution in [0.4, 0.5) is 10.1 Å². The van der Waals surface area contributed by atoms with Crippen LogP contribution >= 0.6 is 0 Å². The highest BCUT2D eigenvalue weighted by molar-refractivity contribution is 5.56. The fourth-order valence-electron chi connectivity index (χ4n) is 1.68. The van der Waals surface area contributed by atoms with E-state index >= 15 is 0 Å². The van der Waals surface area contributed by atoms with Crippen LogP contribution in [0.5, 0.6) is 5.75 Å². The van der Waals surface area contributed by atoms with Crippen molar-refractivity contribution in [3.05, 3.63) is 59.4 Å². The average molecular weight is 231 g/mol. The standard InChI is InChI=1S/C14H14FNO/c1-10-4-2-5-11(8-10)9-16-13-7-3-6-12(15)14(13)17/h2-8,16-17H,9H2,1H3. The zero-order valence-corrected chi connectivity index (χ0v) is 9.57. The lowest BCUT2D eigenvalue weighted by Gasteiger charge is -2.09. The van der Waals surface area contributed by atoms with Gasteiger partial charge < -0.3 is 10.4 Å². The zero-order valence-electron chi connectivity index (χ0n) is 9.57. The summed E-state index contributed by atoms with van der Waals surface area (Å²) in [5, 5.41) is 12.5. The number of benzene rings is 2. The number of nitrogens with one attached hydrogen (secondary N) is 1. The predicted molar refractivity (Wildman–Crippen MR) is 66.6 cm³/mol. The van der Waals surface area contributed by atoms with E-state index in [2.05, 4.69) is 5.32 Å². The Kier molecular flexibility index (Phi) is 3.28. The second kappa shape index (κ2) is 4.87. The summed E-state index contributed by atoms with van der Waals surface area (Å²) in [6, 6.07) is 12.5. The van der Waals surface area contributed by atoms with E-state index in [1.165, 1.54) is 11.6 Å². The summed E-state index contributed by atoms with van der Waals surface area (Å²) in [6.45, 7) is 2.57. The van der Waals surface area contributed by atoms with Gasteiger partial charge in [-0.2, -0.15) is 0 Å². The smallest absolute Gasteiger partial charge is 0.174 e. The van der Waals surface area contributed by atoms with E-state index in [1.807, 2.05) is 31.2 Å². The molecule has 2 rings (SSSR count). The number of hydrogen-bond donors (Lipinski definition) is 2. The van der Waals surface area contributed by atoms with Gasteiger partial charge in [-0.3, -0.25) is 0 Å². The Morgan fingerprint density at radius 3 is 2.71 bits per heavy atom. The number of aromatic hydroxyl groups is 1. The van der Waals surface area contributed by atoms with Crippen molar-refractivity contribution in [3.63, 3.8) is 0 Å². The molecule has 0 aliphatic rings. The van der Waals surface area contributed by atoms with Gasteiger partial charge in [-0.15, -0.1) is 0 Å². The minimum absolute atomic E-state index is 0.333. The summed E-state index contributed by atoms with van der Waals surface area (Å²) in [5.41, 5.74) is 2.67. The van der Waals surface area contributed by atoms with Gasteiger partial charge in [0.2, 0.25) is 0 Å². The van der Waals surface area contributed by atoms with Crippen molar-refractivity contribution in [3.8, 4) is 5.75 Å². The monoisotopic (exact) mass is 231 g/mol. The molecule has 0 heterocycles. The molecule has 0 saturated heterocycles. The lowest BCUT2D eigenvalue weighted by molar-refractivity contribution is 0.434. The molecule has 0 unspecified atom stereocenters. The summed E-state index contributed by atoms with van der Waals surface area (Å²) in [5.74, 6) is -0.945. The summed E-state index contributed by atoms with van der Waals surface area (Å²) < 4.78 is 13.1. The van der Waals surface area contributed by atoms with Crippen LogP contribution in [0.25, 0.3) is 0 Å². The van der Waals surface area contributed by atoms with E-state index in [4.69, 9.17) is 0 Å². The van der Waals surface area contributed by atoms with Crippen molar-refractivity contribution >= 4 is 5.69 Å². The molecule has 0 aliphatic carbocycles. The highest BCUT2D eigenvalue weighted by Gasteiger charge is 2.05. The molecule has 0 bridgehead atoms. The van der Waals surface area contributed by atoms with Gasteiger partial charge in [-0.25, -0.2) is 4.39 Å². The number of phenols is 1. The third kappa shape index (κ3) is 2.75. The van der Waals surface area contributed by atoms with Crippen LogP contribution in [0.1, 0.15) is 11.1 Å². The molecule has 88 valence electrons. The van der Waals surface area contributed by atoms with Crippen LogP contribution in [0.2, 0.25) is 0 Å². The Morgan fingerprint density at radius 2 is 1.94 bits per heavy atom. The molecule has 0 radical (unpaired) electrons. The van der Waals surface area contributed by atoms with Crippen molar-refractivity contribution in [1.29, 1.82) is 0 Å². The second-order valence-electron chi connectivity index (χ2n) is 3.98. The topological polar surface area (TPSA) is 32.3 Å². The molecule has 0 aliphatic heterocycles. The number of aryl methyl sites for hydroxylation is 1. The molecule has 0 saturated carbocycles. The van der Waals surface area contributed by atoms with Crippen LogP contribution in [0.15, 0.2) is 42.5 Å². The fourth-order valence-corrected chi connectivity index (χ4v) is 1.68. The summed E-state index contributed by atoms with van der Waals surface area (Å²) in [4.78, 5) is 0. The molecule has 0 amide bonds. The maximum atomic E-state index is 13.1. The molecule has 17 heavy (non-hydrogen) atoms. The highest BCUT2D eigenvalue weighted by Crippen LogP contribution is 2.26. The molecular weight excluding hydrogens is 217 g/mol. The first kappa shape index (κ1) is 11.5. The van der Waals surface area contributed by atoms with Crippen molar-refractivity contribution in [2.75, 3.05) is 5.32 Å². The van der Waals surface area contributed by atoms with Crippen LogP contribution in [0, 0.1) is 12.7 Å². The number of halogens is 1. The van der Waals surface area contributed by atoms with E-state index in [0.29, 0.717) is 12.2 Å². The van der Waals surface area contributed by atoms with Gasteiger partial charge in [0.15, 0.2) is 11.6 Å². The number of phenolic OH excluding ortho intramolecular Hbond substituents is 1. The van der Waals surface area contributed by atoms with Gasteiger partial charge in [0.05, 0.1) is 5.69 Å². The lowest BCUT2D eigenvalue weighted by Crippen LogP contribution is -2.00. The first-order valence-electron chi connectivity index (χ1n) is 5.44. The number of anilines is 1. The first-order valence-corrected chi connectivity index (χ1v) is 5.44. The Labute approximate surface area is 99.7 Å². The first-order chi connectivity index (χ1) is 8.16. The zero-order chi connectivity index (χ0) is 12.3. The molecule has 0 aromatic heterocycles. The van der Waals surface area contributed by atoms with Crippen LogP contribution in [0.3, 0.4) is 0 Å². The van der Waals surface area contributed by atoms with Gasteiger partial charge >= 0.3 is 0 Å². The van der Waals surface area contributed by atoms with Crippen molar-refractivity contribution < 1.29 is 9.50 Å². The van der Waals surface area contributed by atoms with Crippen molar-refractivity contribution in [2.45, 2.75) is 13.5 Å². The normalized spacial score (nSPS) is 10.2. The Bertz CT molecular complexity index is 525. The summed E-state index contributed by atoms with van der Waals surface area (Å²) >= 11 is 0. The van der Waals surface area contributed by atoms with Crippen LogP contribution < -0.4 is 5.32 Å². The van der Waals surface area contributed by atoms with Gasteiger partial charge in [-0.05, 0) is 24.6 Å². The SMILES string of the molecule is Cc1cccc(CNc2cccc(F)c2O)c1. The van der Waals surface area contributed by atoms with E-state index in [0.717, 1.165) is 5.56 Å². The number of rotatable bonds is 3. The quantitative estimate of drug-likeness (QED) is 0.793. The predicted octanol–water partition coefficient (Wildman–Crippen LogP) is 3.45. The molecule has 0 atom stereocenters. The number of hydrogen-bond acceptors (Lipinski definition) is 2. The Balaban J connectivity index is 2.10. The van der Waals surface area contributed by atoms with E-state index in [1.54, 1.807) is 12.1 Å². The molecule has 0 fully saturated rings. The second-order valence-corrected chi connectivity index (χ2v) is 3.98. The van der Waals surface area contributed by atoms with Gasteiger partial charge in [0.1, 0.15) is 0 Å². The average Bonchev–Trinajstić information content (AvgIpc) is 2.31. The third-order valence-corrected chi connectivity index (χ3v) is 2.55. The van der Waals surface area contributed by atoms with Crippen molar-refractivity contribution in [1.82, 2.24) is 0 Å². The third-order valence-electron chi connectivity index (χ3n) is 2.55. The lowest BCUT2D eigenvalue weighted by atomic mass is 10.1. The van der Waals surface area contributed by atoms with E-state index < -0.39 is 5.82 Å². The molecule has 2 aromatic rings. The number of para-hydroxylation sites is 1. The minimum Gasteiger partial charge on any atom is -0.503 e. The summed E-state index contributed by atoms with van der Waals surface area (Å²) in [7, 11) is 0. The minimum atomic E-state index is -0.612. The Morgan fingerprint density at radius 1 is 1.18 bits per heavy atom. The molecule has 3 heteroatoms. The Hall–Kier alpha value is -2.03. The maximum absolute atomic E-state index is 13.1. The van der Waals surface area contributed by atoms with Gasteiger partial charge in [-0.1, -0.05) is 35.9 Å². The molecule has 2 aromatic carbocycles. The summed E-state index contributed by atoms with van der Waals surface area (Å²) in [6.07, 6.45) is 0. The largest absolute Gasteiger partial charge is 0.503 e. The highest BCUT2D eigenvalue weighted by atomic mass is 19.1. The maximum Gasteiger partial charge on any atom is 0.174 e. The molecular formula is C14H14FNO. The van der Waals surface area contributed by atoms with Crippen molar-refractivity contribution in [2.24, 2.45) is 0 Å². The van der Waals surface area contributed by atoms with Crippen LogP contribution in [-0.2, 0) is 6.54 Å². The fraction of sp³-hybridized carbons (Fsp3) is 0.143. The molecule has 0 spiro atoms. The van der Waals surface area contributed by atoms with E-state index in [9.17, 15) is 9.50 Å². The van der Waals surface area contributed by atoms with Crippen LogP contribution in [-0.4, -0.2) is 5.11 Å². The molecule has 2 nitrogen and oxygen atoms in total.